The van der Waals surface area contributed by atoms with E-state index in [1.807, 2.05) is 0 Å². The van der Waals surface area contributed by atoms with Crippen LogP contribution in [0.4, 0.5) is 4.79 Å². The third kappa shape index (κ3) is 2.97. The molecule has 0 aromatic heterocycles. The molecular weight excluding hydrogens is 218 g/mol. The first-order chi connectivity index (χ1) is 8.06. The zero-order valence-electron chi connectivity index (χ0n) is 10.6. The van der Waals surface area contributed by atoms with E-state index >= 15 is 0 Å². The van der Waals surface area contributed by atoms with Gasteiger partial charge < -0.3 is 15.1 Å². The van der Waals surface area contributed by atoms with E-state index in [1.165, 1.54) is 0 Å². The molecule has 2 fully saturated rings. The van der Waals surface area contributed by atoms with Crippen molar-refractivity contribution in [2.24, 2.45) is 5.92 Å². The standard InChI is InChI=1S/C12H21N3O2/c1-9(16)3-6-15-8-11(13-12(15)17)10-4-5-14(2)7-10/h10-11H,3-8H2,1-2H3,(H,13,17). The van der Waals surface area contributed by atoms with E-state index in [-0.39, 0.29) is 17.9 Å². The highest BCUT2D eigenvalue weighted by Crippen LogP contribution is 2.22. The van der Waals surface area contributed by atoms with Gasteiger partial charge in [-0.2, -0.15) is 0 Å². The third-order valence-corrected chi connectivity index (χ3v) is 3.74. The van der Waals surface area contributed by atoms with Gasteiger partial charge in [0.2, 0.25) is 0 Å². The molecule has 2 unspecified atom stereocenters. The zero-order chi connectivity index (χ0) is 12.4. The predicted molar refractivity (Wildman–Crippen MR) is 64.8 cm³/mol. The molecular formula is C12H21N3O2. The highest BCUT2D eigenvalue weighted by atomic mass is 16.2. The first kappa shape index (κ1) is 12.4. The molecule has 0 saturated carbocycles. The summed E-state index contributed by atoms with van der Waals surface area (Å²) in [5, 5.41) is 3.04. The number of rotatable bonds is 4. The van der Waals surface area contributed by atoms with Gasteiger partial charge >= 0.3 is 6.03 Å². The Hall–Kier alpha value is -1.10. The normalized spacial score (nSPS) is 29.8. The van der Waals surface area contributed by atoms with Crippen LogP contribution in [0.25, 0.3) is 0 Å². The Balaban J connectivity index is 1.84. The highest BCUT2D eigenvalue weighted by molar-refractivity contribution is 5.79. The molecule has 5 nitrogen and oxygen atoms in total. The van der Waals surface area contributed by atoms with Gasteiger partial charge in [-0.1, -0.05) is 0 Å². The van der Waals surface area contributed by atoms with Crippen molar-refractivity contribution in [1.82, 2.24) is 15.1 Å². The number of Topliss-reactive ketones (excluding diaryl/α,β-unsaturated/α-hetero) is 1. The predicted octanol–water partition coefficient (Wildman–Crippen LogP) is 0.311. The molecule has 2 amide bonds. The molecule has 17 heavy (non-hydrogen) atoms. The monoisotopic (exact) mass is 239 g/mol. The van der Waals surface area contributed by atoms with Crippen LogP contribution in [0.3, 0.4) is 0 Å². The second kappa shape index (κ2) is 5.04. The molecule has 2 heterocycles. The first-order valence-corrected chi connectivity index (χ1v) is 6.29. The SMILES string of the molecule is CC(=O)CCN1CC(C2CCN(C)C2)NC1=O. The molecule has 0 radical (unpaired) electrons. The second-order valence-corrected chi connectivity index (χ2v) is 5.27. The maximum absolute atomic E-state index is 11.7. The molecule has 0 spiro atoms. The average Bonchev–Trinajstić information content (AvgIpc) is 2.82. The minimum absolute atomic E-state index is 0.00852. The van der Waals surface area contributed by atoms with E-state index in [9.17, 15) is 9.59 Å². The van der Waals surface area contributed by atoms with Crippen LogP contribution in [0, 0.1) is 5.92 Å². The summed E-state index contributed by atoms with van der Waals surface area (Å²) >= 11 is 0. The fourth-order valence-electron chi connectivity index (χ4n) is 2.67. The Labute approximate surface area is 102 Å². The summed E-state index contributed by atoms with van der Waals surface area (Å²) in [6.45, 7) is 5.05. The van der Waals surface area contributed by atoms with Gasteiger partial charge in [0.05, 0.1) is 6.04 Å². The van der Waals surface area contributed by atoms with Crippen LogP contribution in [0.2, 0.25) is 0 Å². The minimum Gasteiger partial charge on any atom is -0.333 e. The van der Waals surface area contributed by atoms with Crippen LogP contribution in [0.5, 0.6) is 0 Å². The van der Waals surface area contributed by atoms with Crippen molar-refractivity contribution in [2.45, 2.75) is 25.8 Å². The van der Waals surface area contributed by atoms with Crippen LogP contribution in [-0.2, 0) is 4.79 Å². The molecule has 0 bridgehead atoms. The molecule has 2 aliphatic heterocycles. The minimum atomic E-state index is -0.00852. The van der Waals surface area contributed by atoms with Gasteiger partial charge in [-0.05, 0) is 32.9 Å². The third-order valence-electron chi connectivity index (χ3n) is 3.74. The lowest BCUT2D eigenvalue weighted by molar-refractivity contribution is -0.117. The van der Waals surface area contributed by atoms with Crippen molar-refractivity contribution in [3.8, 4) is 0 Å². The lowest BCUT2D eigenvalue weighted by Crippen LogP contribution is -2.35. The maximum Gasteiger partial charge on any atom is 0.317 e. The van der Waals surface area contributed by atoms with E-state index in [4.69, 9.17) is 0 Å². The molecule has 0 aromatic carbocycles. The number of likely N-dealkylation sites (tertiary alicyclic amines) is 1. The van der Waals surface area contributed by atoms with E-state index in [2.05, 4.69) is 17.3 Å². The van der Waals surface area contributed by atoms with Crippen molar-refractivity contribution in [1.29, 1.82) is 0 Å². The topological polar surface area (TPSA) is 52.7 Å². The summed E-state index contributed by atoms with van der Waals surface area (Å²) in [6, 6.07) is 0.255. The van der Waals surface area contributed by atoms with Gasteiger partial charge in [-0.3, -0.25) is 4.79 Å². The number of carbonyl (C=O) groups excluding carboxylic acids is 2. The Bertz CT molecular complexity index is 319. The number of ketones is 1. The number of amides is 2. The lowest BCUT2D eigenvalue weighted by atomic mass is 10.00. The van der Waals surface area contributed by atoms with Crippen LogP contribution in [0.1, 0.15) is 19.8 Å². The molecule has 2 atom stereocenters. The van der Waals surface area contributed by atoms with E-state index < -0.39 is 0 Å². The fourth-order valence-corrected chi connectivity index (χ4v) is 2.67. The Morgan fingerprint density at radius 3 is 2.82 bits per heavy atom. The van der Waals surface area contributed by atoms with Crippen LogP contribution in [-0.4, -0.2) is 60.9 Å². The molecule has 1 N–H and O–H groups in total. The Morgan fingerprint density at radius 1 is 1.47 bits per heavy atom. The molecule has 2 aliphatic rings. The van der Waals surface area contributed by atoms with Gasteiger partial charge in [0.25, 0.3) is 0 Å². The average molecular weight is 239 g/mol. The fraction of sp³-hybridized carbons (Fsp3) is 0.833. The summed E-state index contributed by atoms with van der Waals surface area (Å²) in [5.74, 6) is 0.702. The maximum atomic E-state index is 11.7. The van der Waals surface area contributed by atoms with E-state index in [0.29, 0.717) is 18.9 Å². The summed E-state index contributed by atoms with van der Waals surface area (Å²) < 4.78 is 0. The molecule has 2 saturated heterocycles. The van der Waals surface area contributed by atoms with Gasteiger partial charge in [-0.15, -0.1) is 0 Å². The second-order valence-electron chi connectivity index (χ2n) is 5.27. The van der Waals surface area contributed by atoms with Gasteiger partial charge in [0.15, 0.2) is 0 Å². The highest BCUT2D eigenvalue weighted by Gasteiger charge is 2.36. The van der Waals surface area contributed by atoms with Crippen molar-refractivity contribution >= 4 is 11.8 Å². The van der Waals surface area contributed by atoms with Crippen molar-refractivity contribution < 1.29 is 9.59 Å². The molecule has 5 heteroatoms. The van der Waals surface area contributed by atoms with Gasteiger partial charge in [0.1, 0.15) is 5.78 Å². The van der Waals surface area contributed by atoms with Gasteiger partial charge in [0, 0.05) is 26.1 Å². The summed E-state index contributed by atoms with van der Waals surface area (Å²) in [5.41, 5.74) is 0. The number of urea groups is 1. The smallest absolute Gasteiger partial charge is 0.317 e. The molecule has 2 rings (SSSR count). The zero-order valence-corrected chi connectivity index (χ0v) is 10.6. The van der Waals surface area contributed by atoms with Crippen LogP contribution in [0.15, 0.2) is 0 Å². The largest absolute Gasteiger partial charge is 0.333 e. The first-order valence-electron chi connectivity index (χ1n) is 6.29. The van der Waals surface area contributed by atoms with Crippen LogP contribution >= 0.6 is 0 Å². The quantitative estimate of drug-likeness (QED) is 0.768. The summed E-state index contributed by atoms with van der Waals surface area (Å²) in [7, 11) is 2.12. The number of hydrogen-bond donors (Lipinski definition) is 1. The van der Waals surface area contributed by atoms with Crippen molar-refractivity contribution in [2.75, 3.05) is 33.2 Å². The van der Waals surface area contributed by atoms with E-state index in [0.717, 1.165) is 26.1 Å². The lowest BCUT2D eigenvalue weighted by Gasteiger charge is -2.18. The Kier molecular flexibility index (Phi) is 3.66. The van der Waals surface area contributed by atoms with Crippen LogP contribution < -0.4 is 5.32 Å². The van der Waals surface area contributed by atoms with Gasteiger partial charge in [-0.25, -0.2) is 4.79 Å². The molecule has 0 aromatic rings. The number of carbonyl (C=O) groups is 2. The molecule has 0 aliphatic carbocycles. The summed E-state index contributed by atoms with van der Waals surface area (Å²) in [6.07, 6.45) is 1.62. The number of nitrogens with one attached hydrogen (secondary N) is 1. The molecule has 96 valence electrons. The van der Waals surface area contributed by atoms with Crippen molar-refractivity contribution in [3.63, 3.8) is 0 Å². The number of hydrogen-bond acceptors (Lipinski definition) is 3. The number of nitrogens with zero attached hydrogens (tertiary/aromatic N) is 2. The summed E-state index contributed by atoms with van der Waals surface area (Å²) in [4.78, 5) is 26.7. The Morgan fingerprint density at radius 2 is 2.24 bits per heavy atom. The van der Waals surface area contributed by atoms with Crippen molar-refractivity contribution in [3.05, 3.63) is 0 Å². The van der Waals surface area contributed by atoms with E-state index in [1.54, 1.807) is 11.8 Å².